The number of amides is 1. The molecule has 0 saturated carbocycles. The first-order valence-corrected chi connectivity index (χ1v) is 7.91. The SMILES string of the molecule is Cc1cc(C(=O)N2CCCC2c2ccccc2)c(C)s1. The van der Waals surface area contributed by atoms with E-state index in [0.717, 1.165) is 29.8 Å². The first-order valence-electron chi connectivity index (χ1n) is 7.10. The molecule has 0 radical (unpaired) electrons. The van der Waals surface area contributed by atoms with Crippen molar-refractivity contribution in [2.75, 3.05) is 6.54 Å². The van der Waals surface area contributed by atoms with Gasteiger partial charge in [0.05, 0.1) is 11.6 Å². The summed E-state index contributed by atoms with van der Waals surface area (Å²) in [7, 11) is 0. The van der Waals surface area contributed by atoms with Crippen LogP contribution in [0.15, 0.2) is 36.4 Å². The summed E-state index contributed by atoms with van der Waals surface area (Å²) in [4.78, 5) is 17.2. The van der Waals surface area contributed by atoms with Gasteiger partial charge >= 0.3 is 0 Å². The zero-order chi connectivity index (χ0) is 14.1. The number of hydrogen-bond acceptors (Lipinski definition) is 2. The molecule has 3 rings (SSSR count). The molecule has 1 aliphatic rings. The van der Waals surface area contributed by atoms with Crippen molar-refractivity contribution < 1.29 is 4.79 Å². The molecule has 104 valence electrons. The fraction of sp³-hybridized carbons (Fsp3) is 0.353. The summed E-state index contributed by atoms with van der Waals surface area (Å²) in [5, 5.41) is 0. The number of nitrogens with zero attached hydrogens (tertiary/aromatic N) is 1. The van der Waals surface area contributed by atoms with Crippen LogP contribution in [-0.4, -0.2) is 17.4 Å². The third kappa shape index (κ3) is 2.38. The summed E-state index contributed by atoms with van der Waals surface area (Å²) in [6, 6.07) is 12.7. The minimum absolute atomic E-state index is 0.193. The molecule has 1 atom stereocenters. The van der Waals surface area contributed by atoms with Crippen LogP contribution >= 0.6 is 11.3 Å². The molecule has 20 heavy (non-hydrogen) atoms. The lowest BCUT2D eigenvalue weighted by Crippen LogP contribution is -2.30. The van der Waals surface area contributed by atoms with E-state index < -0.39 is 0 Å². The second-order valence-corrected chi connectivity index (χ2v) is 6.85. The number of aryl methyl sites for hydroxylation is 2. The van der Waals surface area contributed by atoms with Gasteiger partial charge in [-0.15, -0.1) is 11.3 Å². The maximum atomic E-state index is 12.8. The van der Waals surface area contributed by atoms with Gasteiger partial charge in [0, 0.05) is 16.3 Å². The number of hydrogen-bond donors (Lipinski definition) is 0. The van der Waals surface area contributed by atoms with Crippen LogP contribution in [0.25, 0.3) is 0 Å². The summed E-state index contributed by atoms with van der Waals surface area (Å²) in [5.41, 5.74) is 2.14. The topological polar surface area (TPSA) is 20.3 Å². The quantitative estimate of drug-likeness (QED) is 0.803. The average Bonchev–Trinajstić information content (AvgIpc) is 3.05. The van der Waals surface area contributed by atoms with Gasteiger partial charge in [-0.2, -0.15) is 0 Å². The molecule has 1 fully saturated rings. The first-order chi connectivity index (χ1) is 9.66. The largest absolute Gasteiger partial charge is 0.332 e. The summed E-state index contributed by atoms with van der Waals surface area (Å²) in [5.74, 6) is 0.193. The van der Waals surface area contributed by atoms with Crippen molar-refractivity contribution in [2.24, 2.45) is 0 Å². The third-order valence-electron chi connectivity index (χ3n) is 3.97. The maximum Gasteiger partial charge on any atom is 0.255 e. The van der Waals surface area contributed by atoms with E-state index in [4.69, 9.17) is 0 Å². The Labute approximate surface area is 124 Å². The highest BCUT2D eigenvalue weighted by Gasteiger charge is 2.31. The minimum atomic E-state index is 0.193. The van der Waals surface area contributed by atoms with Crippen molar-refractivity contribution in [2.45, 2.75) is 32.7 Å². The fourth-order valence-corrected chi connectivity index (χ4v) is 3.95. The van der Waals surface area contributed by atoms with Gasteiger partial charge in [0.2, 0.25) is 0 Å². The van der Waals surface area contributed by atoms with Gasteiger partial charge in [-0.3, -0.25) is 4.79 Å². The van der Waals surface area contributed by atoms with E-state index in [-0.39, 0.29) is 11.9 Å². The molecule has 2 heterocycles. The van der Waals surface area contributed by atoms with Crippen molar-refractivity contribution in [3.05, 3.63) is 57.3 Å². The van der Waals surface area contributed by atoms with E-state index in [1.54, 1.807) is 11.3 Å². The Hall–Kier alpha value is -1.61. The highest BCUT2D eigenvalue weighted by Crippen LogP contribution is 2.34. The molecule has 1 aromatic carbocycles. The molecule has 0 bridgehead atoms. The molecule has 1 amide bonds. The van der Waals surface area contributed by atoms with Crippen LogP contribution in [0.4, 0.5) is 0 Å². The second-order valence-electron chi connectivity index (χ2n) is 5.39. The molecule has 1 aliphatic heterocycles. The molecule has 0 N–H and O–H groups in total. The minimum Gasteiger partial charge on any atom is -0.332 e. The monoisotopic (exact) mass is 285 g/mol. The van der Waals surface area contributed by atoms with E-state index >= 15 is 0 Å². The molecule has 0 aliphatic carbocycles. The van der Waals surface area contributed by atoms with Crippen molar-refractivity contribution in [3.8, 4) is 0 Å². The Morgan fingerprint density at radius 2 is 2.00 bits per heavy atom. The Morgan fingerprint density at radius 3 is 2.65 bits per heavy atom. The molecular weight excluding hydrogens is 266 g/mol. The van der Waals surface area contributed by atoms with Crippen LogP contribution < -0.4 is 0 Å². The van der Waals surface area contributed by atoms with Crippen LogP contribution in [0, 0.1) is 13.8 Å². The van der Waals surface area contributed by atoms with Gasteiger partial charge < -0.3 is 4.90 Å². The van der Waals surface area contributed by atoms with Gasteiger partial charge in [0.15, 0.2) is 0 Å². The molecule has 3 heteroatoms. The summed E-state index contributed by atoms with van der Waals surface area (Å²) < 4.78 is 0. The van der Waals surface area contributed by atoms with Gasteiger partial charge in [-0.05, 0) is 38.3 Å². The number of likely N-dealkylation sites (tertiary alicyclic amines) is 1. The highest BCUT2D eigenvalue weighted by atomic mass is 32.1. The summed E-state index contributed by atoms with van der Waals surface area (Å²) in [6.45, 7) is 4.97. The number of thiophene rings is 1. The predicted molar refractivity (Wildman–Crippen MR) is 83.2 cm³/mol. The molecule has 2 nitrogen and oxygen atoms in total. The smallest absolute Gasteiger partial charge is 0.255 e. The molecule has 1 unspecified atom stereocenters. The van der Waals surface area contributed by atoms with Gasteiger partial charge in [-0.25, -0.2) is 0 Å². The van der Waals surface area contributed by atoms with Gasteiger partial charge in [-0.1, -0.05) is 30.3 Å². The zero-order valence-corrected chi connectivity index (χ0v) is 12.7. The third-order valence-corrected chi connectivity index (χ3v) is 4.94. The average molecular weight is 285 g/mol. The Bertz CT molecular complexity index is 617. The lowest BCUT2D eigenvalue weighted by Gasteiger charge is -2.25. The van der Waals surface area contributed by atoms with Crippen molar-refractivity contribution in [1.82, 2.24) is 4.90 Å². The number of benzene rings is 1. The summed E-state index contributed by atoms with van der Waals surface area (Å²) >= 11 is 1.71. The van der Waals surface area contributed by atoms with Crippen LogP contribution in [0.2, 0.25) is 0 Å². The van der Waals surface area contributed by atoms with Crippen molar-refractivity contribution in [3.63, 3.8) is 0 Å². The Kier molecular flexibility index (Phi) is 3.62. The van der Waals surface area contributed by atoms with Gasteiger partial charge in [0.25, 0.3) is 5.91 Å². The van der Waals surface area contributed by atoms with Crippen LogP contribution in [-0.2, 0) is 0 Å². The standard InChI is InChI=1S/C17H19NOS/c1-12-11-15(13(2)20-12)17(19)18-10-6-9-16(18)14-7-4-3-5-8-14/h3-5,7-8,11,16H,6,9-10H2,1-2H3. The highest BCUT2D eigenvalue weighted by molar-refractivity contribution is 7.12. The Morgan fingerprint density at radius 1 is 1.25 bits per heavy atom. The van der Waals surface area contributed by atoms with Crippen LogP contribution in [0.1, 0.15) is 44.6 Å². The lowest BCUT2D eigenvalue weighted by molar-refractivity contribution is 0.0735. The molecule has 2 aromatic rings. The molecule has 1 aromatic heterocycles. The maximum absolute atomic E-state index is 12.8. The zero-order valence-electron chi connectivity index (χ0n) is 11.9. The van der Waals surface area contributed by atoms with E-state index in [1.165, 1.54) is 10.4 Å². The Balaban J connectivity index is 1.89. The molecular formula is C17H19NOS. The van der Waals surface area contributed by atoms with E-state index in [9.17, 15) is 4.79 Å². The predicted octanol–water partition coefficient (Wildman–Crippen LogP) is 4.34. The van der Waals surface area contributed by atoms with Crippen LogP contribution in [0.3, 0.4) is 0 Å². The van der Waals surface area contributed by atoms with E-state index in [1.807, 2.05) is 24.0 Å². The van der Waals surface area contributed by atoms with E-state index in [0.29, 0.717) is 0 Å². The van der Waals surface area contributed by atoms with Gasteiger partial charge in [0.1, 0.15) is 0 Å². The van der Waals surface area contributed by atoms with Crippen molar-refractivity contribution in [1.29, 1.82) is 0 Å². The normalized spacial score (nSPS) is 18.5. The molecule has 1 saturated heterocycles. The van der Waals surface area contributed by atoms with E-state index in [2.05, 4.69) is 31.2 Å². The number of carbonyl (C=O) groups is 1. The number of carbonyl (C=O) groups excluding carboxylic acids is 1. The molecule has 0 spiro atoms. The first kappa shape index (κ1) is 13.4. The van der Waals surface area contributed by atoms with Crippen molar-refractivity contribution >= 4 is 17.2 Å². The summed E-state index contributed by atoms with van der Waals surface area (Å²) in [6.07, 6.45) is 2.16. The van der Waals surface area contributed by atoms with Crippen LogP contribution in [0.5, 0.6) is 0 Å². The second kappa shape index (κ2) is 5.41. The fourth-order valence-electron chi connectivity index (χ4n) is 3.03. The lowest BCUT2D eigenvalue weighted by atomic mass is 10.0. The number of rotatable bonds is 2.